The summed E-state index contributed by atoms with van der Waals surface area (Å²) in [5.74, 6) is -0.581. The van der Waals surface area contributed by atoms with Crippen LogP contribution in [0.4, 0.5) is 5.82 Å². The third kappa shape index (κ3) is 6.33. The predicted molar refractivity (Wildman–Crippen MR) is 77.8 cm³/mol. The first-order valence-electron chi connectivity index (χ1n) is 6.17. The van der Waals surface area contributed by atoms with Gasteiger partial charge in [-0.15, -0.1) is 0 Å². The maximum absolute atomic E-state index is 11.8. The number of carboxylic acid groups (broad SMARTS) is 1. The Morgan fingerprint density at radius 1 is 1.45 bits per heavy atom. The number of anilines is 1. The highest BCUT2D eigenvalue weighted by Crippen LogP contribution is 2.10. The number of hydrogen-bond acceptors (Lipinski definition) is 4. The summed E-state index contributed by atoms with van der Waals surface area (Å²) in [6.07, 6.45) is 2.81. The molecule has 0 bridgehead atoms. The number of rotatable bonds is 7. The first-order valence-corrected chi connectivity index (χ1v) is 7.82. The largest absolute Gasteiger partial charge is 0.478 e. The van der Waals surface area contributed by atoms with E-state index in [1.54, 1.807) is 12.1 Å². The van der Waals surface area contributed by atoms with Crippen molar-refractivity contribution in [2.75, 3.05) is 10.5 Å². The van der Waals surface area contributed by atoms with Crippen LogP contribution in [0.3, 0.4) is 0 Å². The summed E-state index contributed by atoms with van der Waals surface area (Å²) in [6, 6.07) is 4.71. The van der Waals surface area contributed by atoms with Gasteiger partial charge >= 0.3 is 5.97 Å². The number of aliphatic carboxylic acids is 1. The summed E-state index contributed by atoms with van der Waals surface area (Å²) in [4.78, 5) is 14.4. The summed E-state index contributed by atoms with van der Waals surface area (Å²) in [6.45, 7) is 3.90. The van der Waals surface area contributed by atoms with Crippen LogP contribution < -0.4 is 4.72 Å². The van der Waals surface area contributed by atoms with Crippen LogP contribution >= 0.6 is 0 Å². The van der Waals surface area contributed by atoms with Crippen LogP contribution in [0.5, 0.6) is 0 Å². The maximum Gasteiger partial charge on any atom is 0.328 e. The molecular weight excluding hydrogens is 280 g/mol. The number of carbonyl (C=O) groups is 1. The van der Waals surface area contributed by atoms with E-state index in [0.29, 0.717) is 18.0 Å². The normalized spacial score (nSPS) is 11.9. The Morgan fingerprint density at radius 2 is 2.15 bits per heavy atom. The monoisotopic (exact) mass is 298 g/mol. The van der Waals surface area contributed by atoms with E-state index in [4.69, 9.17) is 5.11 Å². The lowest BCUT2D eigenvalue weighted by Crippen LogP contribution is -2.18. The molecule has 0 fully saturated rings. The third-order valence-corrected chi connectivity index (χ3v) is 3.68. The predicted octanol–water partition coefficient (Wildman–Crippen LogP) is 1.97. The molecule has 1 rings (SSSR count). The fraction of sp³-hybridized carbons (Fsp3) is 0.385. The van der Waals surface area contributed by atoms with Gasteiger partial charge in [0, 0.05) is 6.08 Å². The van der Waals surface area contributed by atoms with E-state index < -0.39 is 16.0 Å². The van der Waals surface area contributed by atoms with E-state index in [2.05, 4.69) is 9.71 Å². The molecule has 0 aromatic carbocycles. The minimum Gasteiger partial charge on any atom is -0.478 e. The van der Waals surface area contributed by atoms with Crippen LogP contribution in [-0.2, 0) is 14.8 Å². The number of aromatic nitrogens is 1. The van der Waals surface area contributed by atoms with Crippen molar-refractivity contribution in [3.63, 3.8) is 0 Å². The Labute approximate surface area is 118 Å². The molecule has 0 amide bonds. The first kappa shape index (κ1) is 16.2. The van der Waals surface area contributed by atoms with E-state index in [0.717, 1.165) is 6.08 Å². The summed E-state index contributed by atoms with van der Waals surface area (Å²) in [5, 5.41) is 8.53. The number of nitrogens with one attached hydrogen (secondary N) is 1. The molecule has 0 unspecified atom stereocenters. The average Bonchev–Trinajstić information content (AvgIpc) is 2.34. The highest BCUT2D eigenvalue weighted by Gasteiger charge is 2.12. The molecule has 0 radical (unpaired) electrons. The Bertz CT molecular complexity index is 594. The lowest BCUT2D eigenvalue weighted by molar-refractivity contribution is -0.131. The zero-order valence-electron chi connectivity index (χ0n) is 11.4. The molecule has 0 atom stereocenters. The van der Waals surface area contributed by atoms with Gasteiger partial charge in [0.25, 0.3) is 0 Å². The summed E-state index contributed by atoms with van der Waals surface area (Å²) >= 11 is 0. The molecular formula is C13H18N2O4S. The number of carboxylic acids is 1. The summed E-state index contributed by atoms with van der Waals surface area (Å²) in [5.41, 5.74) is 0.372. The zero-order chi connectivity index (χ0) is 15.2. The second-order valence-corrected chi connectivity index (χ2v) is 6.56. The molecule has 20 heavy (non-hydrogen) atoms. The van der Waals surface area contributed by atoms with Gasteiger partial charge in [-0.1, -0.05) is 19.9 Å². The van der Waals surface area contributed by atoms with Crippen LogP contribution in [-0.4, -0.2) is 30.2 Å². The number of sulfonamides is 1. The fourth-order valence-corrected chi connectivity index (χ4v) is 2.68. The summed E-state index contributed by atoms with van der Waals surface area (Å²) in [7, 11) is -3.43. The maximum atomic E-state index is 11.8. The lowest BCUT2D eigenvalue weighted by Gasteiger charge is -2.09. The lowest BCUT2D eigenvalue weighted by atomic mass is 10.2. The van der Waals surface area contributed by atoms with Crippen molar-refractivity contribution >= 4 is 27.9 Å². The van der Waals surface area contributed by atoms with Gasteiger partial charge < -0.3 is 5.11 Å². The second-order valence-electron chi connectivity index (χ2n) is 4.72. The highest BCUT2D eigenvalue weighted by atomic mass is 32.2. The van der Waals surface area contributed by atoms with Crippen molar-refractivity contribution in [1.29, 1.82) is 0 Å². The fourth-order valence-electron chi connectivity index (χ4n) is 1.36. The number of hydrogen-bond donors (Lipinski definition) is 2. The minimum absolute atomic E-state index is 0.0293. The van der Waals surface area contributed by atoms with Crippen LogP contribution in [0.1, 0.15) is 26.0 Å². The standard InChI is InChI=1S/C13H18N2O4S/c1-10(2)8-9-20(18,19)15-12-5-3-4-11(14-12)6-7-13(16)17/h3-7,10H,8-9H2,1-2H3,(H,14,15)(H,16,17). The van der Waals surface area contributed by atoms with Gasteiger partial charge in [0.2, 0.25) is 10.0 Å². The van der Waals surface area contributed by atoms with Crippen molar-refractivity contribution < 1.29 is 18.3 Å². The molecule has 1 aromatic heterocycles. The Hall–Kier alpha value is -1.89. The van der Waals surface area contributed by atoms with Gasteiger partial charge in [0.15, 0.2) is 0 Å². The van der Waals surface area contributed by atoms with Gasteiger partial charge in [-0.3, -0.25) is 4.72 Å². The minimum atomic E-state index is -3.43. The molecule has 7 heteroatoms. The Balaban J connectivity index is 2.78. The highest BCUT2D eigenvalue weighted by molar-refractivity contribution is 7.92. The van der Waals surface area contributed by atoms with Gasteiger partial charge in [-0.2, -0.15) is 0 Å². The zero-order valence-corrected chi connectivity index (χ0v) is 12.2. The van der Waals surface area contributed by atoms with E-state index >= 15 is 0 Å². The molecule has 0 saturated carbocycles. The van der Waals surface area contributed by atoms with Crippen molar-refractivity contribution in [2.24, 2.45) is 5.92 Å². The van der Waals surface area contributed by atoms with Gasteiger partial charge in [0.1, 0.15) is 5.82 Å². The van der Waals surface area contributed by atoms with E-state index in [1.807, 2.05) is 13.8 Å². The van der Waals surface area contributed by atoms with Crippen LogP contribution in [0, 0.1) is 5.92 Å². The van der Waals surface area contributed by atoms with E-state index in [-0.39, 0.29) is 11.6 Å². The van der Waals surface area contributed by atoms with Crippen molar-refractivity contribution in [2.45, 2.75) is 20.3 Å². The van der Waals surface area contributed by atoms with Crippen LogP contribution in [0.15, 0.2) is 24.3 Å². The molecule has 110 valence electrons. The first-order chi connectivity index (χ1) is 9.28. The molecule has 0 spiro atoms. The molecule has 2 N–H and O–H groups in total. The molecule has 0 aliphatic heterocycles. The smallest absolute Gasteiger partial charge is 0.328 e. The van der Waals surface area contributed by atoms with Crippen molar-refractivity contribution in [3.05, 3.63) is 30.0 Å². The van der Waals surface area contributed by atoms with Crippen LogP contribution in [0.2, 0.25) is 0 Å². The number of pyridine rings is 1. The van der Waals surface area contributed by atoms with Crippen LogP contribution in [0.25, 0.3) is 6.08 Å². The molecule has 1 heterocycles. The van der Waals surface area contributed by atoms with Gasteiger partial charge in [0.05, 0.1) is 11.4 Å². The molecule has 0 saturated heterocycles. The Kier molecular flexibility index (Phi) is 5.69. The number of nitrogens with zero attached hydrogens (tertiary/aromatic N) is 1. The summed E-state index contributed by atoms with van der Waals surface area (Å²) < 4.78 is 26.0. The molecule has 0 aliphatic rings. The van der Waals surface area contributed by atoms with Gasteiger partial charge in [-0.25, -0.2) is 18.2 Å². The third-order valence-electron chi connectivity index (χ3n) is 2.39. The molecule has 6 nitrogen and oxygen atoms in total. The van der Waals surface area contributed by atoms with Crippen molar-refractivity contribution in [1.82, 2.24) is 4.98 Å². The second kappa shape index (κ2) is 7.04. The molecule has 0 aliphatic carbocycles. The average molecular weight is 298 g/mol. The molecule has 1 aromatic rings. The SMILES string of the molecule is CC(C)CCS(=O)(=O)Nc1cccc(C=CC(=O)O)n1. The topological polar surface area (TPSA) is 96.4 Å². The van der Waals surface area contributed by atoms with Crippen molar-refractivity contribution in [3.8, 4) is 0 Å². The Morgan fingerprint density at radius 3 is 2.75 bits per heavy atom. The van der Waals surface area contributed by atoms with E-state index in [1.165, 1.54) is 12.1 Å². The van der Waals surface area contributed by atoms with Gasteiger partial charge in [-0.05, 0) is 30.5 Å². The quantitative estimate of drug-likeness (QED) is 0.750. The van der Waals surface area contributed by atoms with E-state index in [9.17, 15) is 13.2 Å².